The molecule has 0 heterocycles. The number of aliphatic hydroxyl groups excluding tert-OH is 1. The van der Waals surface area contributed by atoms with Crippen molar-refractivity contribution in [2.75, 3.05) is 14.2 Å². The van der Waals surface area contributed by atoms with E-state index in [4.69, 9.17) is 9.47 Å². The van der Waals surface area contributed by atoms with E-state index in [9.17, 15) is 18.3 Å². The van der Waals surface area contributed by atoms with E-state index in [0.29, 0.717) is 0 Å². The highest BCUT2D eigenvalue weighted by Gasteiger charge is 2.57. The summed E-state index contributed by atoms with van der Waals surface area (Å²) in [6, 6.07) is 32.8. The van der Waals surface area contributed by atoms with Gasteiger partial charge in [0.25, 0.3) is 0 Å². The first-order valence-electron chi connectivity index (χ1n) is 12.5. The molecule has 7 nitrogen and oxygen atoms in total. The van der Waals surface area contributed by atoms with Crippen LogP contribution >= 0.6 is 7.26 Å². The van der Waals surface area contributed by atoms with Gasteiger partial charge in [0.05, 0.1) is 19.1 Å². The van der Waals surface area contributed by atoms with Gasteiger partial charge in [-0.05, 0) is 55.5 Å². The minimum Gasteiger partial charge on any atom is -0.478 e. The molecular formula is C31H31NO6PS+. The molecule has 0 fully saturated rings. The fraction of sp³-hybridized carbons (Fsp3) is 0.129. The first kappa shape index (κ1) is 29.0. The highest BCUT2D eigenvalue weighted by Crippen LogP contribution is 2.64. The molecule has 206 valence electrons. The van der Waals surface area contributed by atoms with Crippen LogP contribution in [-0.4, -0.2) is 39.8 Å². The fourth-order valence-electron chi connectivity index (χ4n) is 4.66. The summed E-state index contributed by atoms with van der Waals surface area (Å²) in [5.41, 5.74) is 0.878. The Hall–Kier alpha value is -3.97. The molecule has 4 aromatic rings. The summed E-state index contributed by atoms with van der Waals surface area (Å²) in [6.07, 6.45) is 0. The number of ether oxygens (including phenoxy) is 2. The number of aliphatic hydroxyl groups is 1. The largest absolute Gasteiger partial charge is 0.478 e. The van der Waals surface area contributed by atoms with E-state index in [1.807, 2.05) is 97.9 Å². The Morgan fingerprint density at radius 2 is 1.15 bits per heavy atom. The third-order valence-electron chi connectivity index (χ3n) is 6.52. The van der Waals surface area contributed by atoms with Gasteiger partial charge in [0.1, 0.15) is 23.2 Å². The van der Waals surface area contributed by atoms with E-state index < -0.39 is 35.2 Å². The summed E-state index contributed by atoms with van der Waals surface area (Å²) in [4.78, 5) is 13.5. The van der Waals surface area contributed by atoms with Gasteiger partial charge < -0.3 is 14.6 Å². The second-order valence-corrected chi connectivity index (χ2v) is 14.0. The first-order valence-corrected chi connectivity index (χ1v) is 15.7. The summed E-state index contributed by atoms with van der Waals surface area (Å²) in [7, 11) is -4.98. The van der Waals surface area contributed by atoms with E-state index in [-0.39, 0.29) is 10.2 Å². The molecule has 0 aliphatic carbocycles. The number of methoxy groups -OCH3 is 2. The number of rotatable bonds is 10. The van der Waals surface area contributed by atoms with E-state index in [1.165, 1.54) is 26.4 Å². The first-order chi connectivity index (χ1) is 19.3. The number of carbonyl (C=O) groups is 1. The second-order valence-electron chi connectivity index (χ2n) is 8.96. The topological polar surface area (TPSA) is 102 Å². The quantitative estimate of drug-likeness (QED) is 0.167. The molecule has 1 unspecified atom stereocenters. The fourth-order valence-corrected chi connectivity index (χ4v) is 10.4. The third-order valence-corrected chi connectivity index (χ3v) is 12.3. The molecule has 0 aliphatic heterocycles. The van der Waals surface area contributed by atoms with Gasteiger partial charge in [-0.1, -0.05) is 72.3 Å². The van der Waals surface area contributed by atoms with Gasteiger partial charge >= 0.3 is 11.9 Å². The predicted molar refractivity (Wildman–Crippen MR) is 159 cm³/mol. The molecular weight excluding hydrogens is 545 g/mol. The number of benzene rings is 4. The Kier molecular flexibility index (Phi) is 9.05. The average Bonchev–Trinajstić information content (AvgIpc) is 2.99. The smallest absolute Gasteiger partial charge is 0.332 e. The van der Waals surface area contributed by atoms with Crippen molar-refractivity contribution >= 4 is 39.2 Å². The highest BCUT2D eigenvalue weighted by molar-refractivity contribution is 7.99. The molecule has 9 heteroatoms. The molecule has 0 aliphatic rings. The lowest BCUT2D eigenvalue weighted by Crippen LogP contribution is -2.47. The van der Waals surface area contributed by atoms with E-state index in [2.05, 4.69) is 4.72 Å². The summed E-state index contributed by atoms with van der Waals surface area (Å²) >= 11 is 0. The van der Waals surface area contributed by atoms with Crippen LogP contribution in [0.5, 0.6) is 0 Å². The lowest BCUT2D eigenvalue weighted by atomic mass is 10.2. The Labute approximate surface area is 235 Å². The molecule has 40 heavy (non-hydrogen) atoms. The predicted octanol–water partition coefficient (Wildman–Crippen LogP) is 4.18. The van der Waals surface area contributed by atoms with Crippen molar-refractivity contribution < 1.29 is 27.8 Å². The molecule has 0 bridgehead atoms. The molecule has 0 aromatic heterocycles. The number of nitrogens with one attached hydrogen (secondary N) is 1. The van der Waals surface area contributed by atoms with Crippen LogP contribution in [0.2, 0.25) is 0 Å². The van der Waals surface area contributed by atoms with Crippen LogP contribution in [0, 0.1) is 6.92 Å². The van der Waals surface area contributed by atoms with Crippen LogP contribution < -0.4 is 20.6 Å². The van der Waals surface area contributed by atoms with Crippen molar-refractivity contribution in [1.29, 1.82) is 0 Å². The lowest BCUT2D eigenvalue weighted by molar-refractivity contribution is -0.141. The monoisotopic (exact) mass is 576 g/mol. The van der Waals surface area contributed by atoms with Gasteiger partial charge in [-0.3, -0.25) is 0 Å². The number of hydrogen-bond acceptors (Lipinski definition) is 6. The molecule has 0 saturated carbocycles. The maximum absolute atomic E-state index is 13.7. The van der Waals surface area contributed by atoms with Gasteiger partial charge in [0.2, 0.25) is 10.0 Å². The number of sulfonamides is 1. The summed E-state index contributed by atoms with van der Waals surface area (Å²) < 4.78 is 40.4. The molecule has 0 amide bonds. The average molecular weight is 577 g/mol. The highest BCUT2D eigenvalue weighted by atomic mass is 32.2. The van der Waals surface area contributed by atoms with Crippen LogP contribution in [0.4, 0.5) is 0 Å². The number of hydrogen-bond donors (Lipinski definition) is 2. The van der Waals surface area contributed by atoms with Crippen LogP contribution in [0.1, 0.15) is 5.56 Å². The van der Waals surface area contributed by atoms with Crippen molar-refractivity contribution in [2.45, 2.75) is 17.9 Å². The molecule has 2 N–H and O–H groups in total. The Morgan fingerprint density at radius 3 is 1.52 bits per heavy atom. The molecule has 4 rings (SSSR count). The van der Waals surface area contributed by atoms with Crippen LogP contribution in [0.15, 0.2) is 131 Å². The number of esters is 1. The second kappa shape index (κ2) is 12.5. The van der Waals surface area contributed by atoms with Crippen LogP contribution in [-0.2, 0) is 24.3 Å². The minimum absolute atomic E-state index is 0.0358. The maximum atomic E-state index is 13.7. The molecule has 0 saturated heterocycles. The van der Waals surface area contributed by atoms with E-state index in [0.717, 1.165) is 21.5 Å². The Morgan fingerprint density at radius 1 is 0.725 bits per heavy atom. The Balaban J connectivity index is 2.10. The van der Waals surface area contributed by atoms with Gasteiger partial charge in [-0.25, -0.2) is 13.2 Å². The number of aryl methyl sites for hydroxylation is 1. The molecule has 4 aromatic carbocycles. The van der Waals surface area contributed by atoms with Crippen molar-refractivity contribution in [3.8, 4) is 0 Å². The number of carbonyl (C=O) groups excluding carboxylic acids is 1. The van der Waals surface area contributed by atoms with Crippen LogP contribution in [0.25, 0.3) is 0 Å². The van der Waals surface area contributed by atoms with Gasteiger partial charge in [0, 0.05) is 0 Å². The normalized spacial score (nSPS) is 13.2. The summed E-state index contributed by atoms with van der Waals surface area (Å²) in [5.74, 6) is -1.48. The Bertz CT molecular complexity index is 1480. The van der Waals surface area contributed by atoms with Crippen molar-refractivity contribution in [1.82, 2.24) is 4.72 Å². The maximum Gasteiger partial charge on any atom is 0.332 e. The zero-order valence-electron chi connectivity index (χ0n) is 22.4. The molecule has 0 spiro atoms. The standard InChI is InChI=1S/C31H30NO6PS/c1-23-19-21-27(22-20-23)40(35,36)32-28(30(33)37-2)29(31(34)38-3)39(24-13-7-4-8-14-24,25-15-9-5-10-16-25)26-17-11-6-12-18-26/h4-22,28,32H,1-3H3/p+1/b31-29-. The summed E-state index contributed by atoms with van der Waals surface area (Å²) in [6.45, 7) is 1.84. The molecule has 1 atom stereocenters. The van der Waals surface area contributed by atoms with E-state index >= 15 is 0 Å². The zero-order valence-corrected chi connectivity index (χ0v) is 24.1. The van der Waals surface area contributed by atoms with Crippen LogP contribution in [0.3, 0.4) is 0 Å². The zero-order chi connectivity index (χ0) is 28.8. The van der Waals surface area contributed by atoms with E-state index in [1.54, 1.807) is 12.1 Å². The van der Waals surface area contributed by atoms with Gasteiger partial charge in [0.15, 0.2) is 11.4 Å². The minimum atomic E-state index is -4.26. The SMILES string of the molecule is COC(=O)C(NS(=O)(=O)c1ccc(C)cc1)/C(=C(\O)OC)[P+](c1ccccc1)(c1ccccc1)c1ccccc1. The van der Waals surface area contributed by atoms with Crippen molar-refractivity contribution in [3.05, 3.63) is 132 Å². The van der Waals surface area contributed by atoms with Crippen molar-refractivity contribution in [3.63, 3.8) is 0 Å². The lowest BCUT2D eigenvalue weighted by Gasteiger charge is -2.32. The van der Waals surface area contributed by atoms with Crippen molar-refractivity contribution in [2.24, 2.45) is 0 Å². The summed E-state index contributed by atoms with van der Waals surface area (Å²) in [5, 5.41) is 13.9. The molecule has 0 radical (unpaired) electrons. The third kappa shape index (κ3) is 5.65. The van der Waals surface area contributed by atoms with Gasteiger partial charge in [-0.2, -0.15) is 4.72 Å². The van der Waals surface area contributed by atoms with Gasteiger partial charge in [-0.15, -0.1) is 0 Å².